The first kappa shape index (κ1) is 14.4. The van der Waals surface area contributed by atoms with E-state index in [1.54, 1.807) is 25.1 Å². The molecule has 0 unspecified atom stereocenters. The minimum Gasteiger partial charge on any atom is -0.548 e. The maximum Gasteiger partial charge on any atom is 0.245 e. The summed E-state index contributed by atoms with van der Waals surface area (Å²) in [6.07, 6.45) is 0. The van der Waals surface area contributed by atoms with Crippen LogP contribution >= 0.6 is 11.8 Å². The van der Waals surface area contributed by atoms with Crippen molar-refractivity contribution in [1.29, 1.82) is 0 Å². The van der Waals surface area contributed by atoms with E-state index in [4.69, 9.17) is 9.47 Å². The van der Waals surface area contributed by atoms with Gasteiger partial charge in [-0.2, -0.15) is 5.10 Å². The molecule has 9 heteroatoms. The zero-order chi connectivity index (χ0) is 15.7. The van der Waals surface area contributed by atoms with E-state index in [0.717, 1.165) is 17.3 Å². The summed E-state index contributed by atoms with van der Waals surface area (Å²) >= 11 is 0.760. The molecule has 8 nitrogen and oxygen atoms in total. The fourth-order valence-corrected chi connectivity index (χ4v) is 2.60. The fraction of sp³-hybridized carbons (Fsp3) is 0.231. The van der Waals surface area contributed by atoms with Crippen LogP contribution in [0.2, 0.25) is 0 Å². The highest BCUT2D eigenvalue weighted by atomic mass is 32.2. The lowest BCUT2D eigenvalue weighted by Gasteiger charge is -2.03. The zero-order valence-corrected chi connectivity index (χ0v) is 12.2. The van der Waals surface area contributed by atoms with E-state index in [0.29, 0.717) is 17.2 Å². The number of hydrogen-bond acceptors (Lipinski definition) is 8. The molecule has 114 valence electrons. The third-order valence-corrected chi connectivity index (χ3v) is 4.04. The average Bonchev–Trinajstić information content (AvgIpc) is 3.09. The van der Waals surface area contributed by atoms with Crippen LogP contribution in [0, 0.1) is 0 Å². The summed E-state index contributed by atoms with van der Waals surface area (Å²) in [5, 5.41) is 19.7. The van der Waals surface area contributed by atoms with Gasteiger partial charge in [-0.25, -0.2) is 0 Å². The van der Waals surface area contributed by atoms with Crippen LogP contribution in [-0.4, -0.2) is 34.8 Å². The Hall–Kier alpha value is -2.55. The summed E-state index contributed by atoms with van der Waals surface area (Å²) in [5.41, 5.74) is 1.36. The second-order valence-electron chi connectivity index (χ2n) is 4.46. The summed E-state index contributed by atoms with van der Waals surface area (Å²) < 4.78 is 10.5. The Balaban J connectivity index is 1.77. The van der Waals surface area contributed by atoms with Crippen molar-refractivity contribution in [2.75, 3.05) is 6.79 Å². The number of aliphatic carboxylic acids is 1. The van der Waals surface area contributed by atoms with Crippen LogP contribution in [0.25, 0.3) is 0 Å². The van der Waals surface area contributed by atoms with Crippen molar-refractivity contribution in [3.8, 4) is 11.5 Å². The van der Waals surface area contributed by atoms with Crippen LogP contribution in [0.3, 0.4) is 0 Å². The lowest BCUT2D eigenvalue weighted by atomic mass is 10.1. The number of amidine groups is 1. The Morgan fingerprint density at radius 3 is 2.91 bits per heavy atom. The highest BCUT2D eigenvalue weighted by Crippen LogP contribution is 2.32. The Labute approximate surface area is 129 Å². The number of nitrogens with zero attached hydrogens (tertiary/aromatic N) is 2. The maximum atomic E-state index is 11.4. The summed E-state index contributed by atoms with van der Waals surface area (Å²) in [5.74, 6) is -0.831. The monoisotopic (exact) mass is 320 g/mol. The van der Waals surface area contributed by atoms with Crippen molar-refractivity contribution >= 4 is 34.5 Å². The van der Waals surface area contributed by atoms with Crippen molar-refractivity contribution < 1.29 is 24.2 Å². The molecule has 3 rings (SSSR count). The molecule has 1 saturated heterocycles. The smallest absolute Gasteiger partial charge is 0.245 e. The van der Waals surface area contributed by atoms with Crippen LogP contribution in [-0.2, 0) is 9.59 Å². The molecule has 1 aromatic carbocycles. The van der Waals surface area contributed by atoms with Gasteiger partial charge in [0, 0.05) is 5.56 Å². The number of rotatable bonds is 3. The first-order valence-electron chi connectivity index (χ1n) is 6.25. The number of carboxylic acid groups (broad SMARTS) is 1. The van der Waals surface area contributed by atoms with Gasteiger partial charge in [0.2, 0.25) is 12.7 Å². The SMILES string of the molecule is C/C(=N\N=C1\NC(=O)[C@H](C(=O)[O-])S1)c1ccc2c(c1)OCO2. The van der Waals surface area contributed by atoms with Gasteiger partial charge >= 0.3 is 0 Å². The quantitative estimate of drug-likeness (QED) is 0.455. The Morgan fingerprint density at radius 1 is 1.41 bits per heavy atom. The van der Waals surface area contributed by atoms with Gasteiger partial charge in [0.1, 0.15) is 5.25 Å². The largest absolute Gasteiger partial charge is 0.548 e. The minimum absolute atomic E-state index is 0.124. The van der Waals surface area contributed by atoms with Gasteiger partial charge < -0.3 is 24.7 Å². The van der Waals surface area contributed by atoms with Crippen molar-refractivity contribution in [3.05, 3.63) is 23.8 Å². The van der Waals surface area contributed by atoms with Crippen LogP contribution in [0.15, 0.2) is 28.4 Å². The number of fused-ring (bicyclic) bond motifs is 1. The third-order valence-electron chi connectivity index (χ3n) is 2.99. The minimum atomic E-state index is -1.45. The van der Waals surface area contributed by atoms with Gasteiger partial charge in [0.25, 0.3) is 0 Å². The summed E-state index contributed by atoms with van der Waals surface area (Å²) in [7, 11) is 0. The summed E-state index contributed by atoms with van der Waals surface area (Å²) in [6.45, 7) is 1.92. The molecule has 2 aliphatic rings. The fourth-order valence-electron chi connectivity index (χ4n) is 1.87. The number of carbonyl (C=O) groups excluding carboxylic acids is 2. The highest BCUT2D eigenvalue weighted by Gasteiger charge is 2.31. The summed E-state index contributed by atoms with van der Waals surface area (Å²) in [4.78, 5) is 22.1. The predicted octanol–water partition coefficient (Wildman–Crippen LogP) is -0.523. The Morgan fingerprint density at radius 2 is 2.18 bits per heavy atom. The normalized spacial score (nSPS) is 22.0. The first-order chi connectivity index (χ1) is 10.5. The van der Waals surface area contributed by atoms with E-state index in [9.17, 15) is 14.7 Å². The summed E-state index contributed by atoms with van der Waals surface area (Å²) in [6, 6.07) is 5.34. The second-order valence-corrected chi connectivity index (χ2v) is 5.56. The van der Waals surface area contributed by atoms with E-state index >= 15 is 0 Å². The Bertz CT molecular complexity index is 716. The first-order valence-corrected chi connectivity index (χ1v) is 7.13. The zero-order valence-electron chi connectivity index (χ0n) is 11.4. The second kappa shape index (κ2) is 5.68. The molecule has 0 radical (unpaired) electrons. The van der Waals surface area contributed by atoms with Gasteiger partial charge in [0.05, 0.1) is 11.7 Å². The molecule has 1 amide bonds. The van der Waals surface area contributed by atoms with E-state index in [-0.39, 0.29) is 12.0 Å². The molecule has 1 aromatic rings. The third kappa shape index (κ3) is 2.75. The van der Waals surface area contributed by atoms with Crippen molar-refractivity contribution in [3.63, 3.8) is 0 Å². The molecule has 0 saturated carbocycles. The molecule has 0 aromatic heterocycles. The highest BCUT2D eigenvalue weighted by molar-refractivity contribution is 8.16. The predicted molar refractivity (Wildman–Crippen MR) is 76.7 cm³/mol. The molecule has 1 atom stereocenters. The molecule has 22 heavy (non-hydrogen) atoms. The van der Waals surface area contributed by atoms with Crippen molar-refractivity contribution in [2.24, 2.45) is 10.2 Å². The van der Waals surface area contributed by atoms with E-state index < -0.39 is 17.1 Å². The maximum absolute atomic E-state index is 11.4. The van der Waals surface area contributed by atoms with Crippen LogP contribution in [0.5, 0.6) is 11.5 Å². The van der Waals surface area contributed by atoms with E-state index in [2.05, 4.69) is 15.5 Å². The molecule has 2 aliphatic heterocycles. The van der Waals surface area contributed by atoms with Crippen LogP contribution < -0.4 is 19.9 Å². The Kier molecular flexibility index (Phi) is 3.72. The van der Waals surface area contributed by atoms with E-state index in [1.807, 2.05) is 0 Å². The lowest BCUT2D eigenvalue weighted by molar-refractivity contribution is -0.303. The number of carbonyl (C=O) groups is 2. The topological polar surface area (TPSA) is 112 Å². The van der Waals surface area contributed by atoms with Gasteiger partial charge in [-0.1, -0.05) is 11.8 Å². The van der Waals surface area contributed by atoms with E-state index in [1.165, 1.54) is 0 Å². The van der Waals surface area contributed by atoms with Gasteiger partial charge in [-0.15, -0.1) is 5.10 Å². The van der Waals surface area contributed by atoms with Gasteiger partial charge in [-0.3, -0.25) is 4.79 Å². The molecule has 1 N–H and O–H groups in total. The van der Waals surface area contributed by atoms with Crippen LogP contribution in [0.1, 0.15) is 12.5 Å². The van der Waals surface area contributed by atoms with Gasteiger partial charge in [-0.05, 0) is 25.1 Å². The lowest BCUT2D eigenvalue weighted by Crippen LogP contribution is -2.39. The standard InChI is InChI=1S/C13H11N3O5S/c1-6(7-2-3-8-9(4-7)21-5-20-8)15-16-13-14-11(17)10(22-13)12(18)19/h2-4,10H,5H2,1H3,(H,18,19)(H,14,16,17)/p-1/b15-6+/t10-/m1/s1. The number of carboxylic acids is 1. The molecular formula is C13H10N3O5S-. The van der Waals surface area contributed by atoms with Crippen molar-refractivity contribution in [1.82, 2.24) is 5.32 Å². The number of ether oxygens (including phenoxy) is 2. The number of nitrogens with one attached hydrogen (secondary N) is 1. The van der Waals surface area contributed by atoms with Gasteiger partial charge in [0.15, 0.2) is 16.7 Å². The molecule has 1 fully saturated rings. The van der Waals surface area contributed by atoms with Crippen molar-refractivity contribution in [2.45, 2.75) is 12.2 Å². The number of amides is 1. The molecule has 0 aliphatic carbocycles. The number of hydrogen-bond donors (Lipinski definition) is 1. The number of thioether (sulfide) groups is 1. The average molecular weight is 320 g/mol. The molecule has 2 heterocycles. The van der Waals surface area contributed by atoms with Crippen LogP contribution in [0.4, 0.5) is 0 Å². The number of benzene rings is 1. The molecule has 0 bridgehead atoms. The molecular weight excluding hydrogens is 310 g/mol. The molecule has 0 spiro atoms.